The normalized spacial score (nSPS) is 23.9. The zero-order chi connectivity index (χ0) is 11.3. The van der Waals surface area contributed by atoms with Crippen LogP contribution in [0.5, 0.6) is 0 Å². The Morgan fingerprint density at radius 2 is 2.40 bits per heavy atom. The van der Waals surface area contributed by atoms with Gasteiger partial charge in [-0.15, -0.1) is 0 Å². The van der Waals surface area contributed by atoms with Gasteiger partial charge in [0.15, 0.2) is 0 Å². The maximum Gasteiger partial charge on any atom is 0.322 e. The monoisotopic (exact) mass is 214 g/mol. The van der Waals surface area contributed by atoms with Crippen LogP contribution >= 0.6 is 0 Å². The van der Waals surface area contributed by atoms with Crippen molar-refractivity contribution >= 4 is 5.97 Å². The lowest BCUT2D eigenvalue weighted by Gasteiger charge is -2.30. The summed E-state index contributed by atoms with van der Waals surface area (Å²) in [5.74, 6) is 0.511. The minimum Gasteiger partial charge on any atom is -0.468 e. The molecule has 0 bridgehead atoms. The standard InChI is InChI=1S/C11H22N2O2/c1-9(11(14)15-3)13(2)8-10-5-4-6-12-7-10/h9-10,12H,4-8H2,1-3H3. The molecule has 0 aromatic heterocycles. The minimum absolute atomic E-state index is 0.142. The van der Waals surface area contributed by atoms with Crippen LogP contribution in [-0.4, -0.2) is 50.7 Å². The summed E-state index contributed by atoms with van der Waals surface area (Å²) in [4.78, 5) is 13.4. The van der Waals surface area contributed by atoms with Crippen LogP contribution < -0.4 is 5.32 Å². The van der Waals surface area contributed by atoms with Gasteiger partial charge in [0.2, 0.25) is 0 Å². The average molecular weight is 214 g/mol. The van der Waals surface area contributed by atoms with Gasteiger partial charge in [0, 0.05) is 6.54 Å². The molecule has 1 N–H and O–H groups in total. The molecule has 0 spiro atoms. The van der Waals surface area contributed by atoms with Gasteiger partial charge in [0.1, 0.15) is 6.04 Å². The number of nitrogens with one attached hydrogen (secondary N) is 1. The van der Waals surface area contributed by atoms with Crippen LogP contribution in [0.2, 0.25) is 0 Å². The lowest BCUT2D eigenvalue weighted by Crippen LogP contribution is -2.43. The molecule has 1 heterocycles. The Balaban J connectivity index is 2.32. The van der Waals surface area contributed by atoms with Gasteiger partial charge in [-0.3, -0.25) is 9.69 Å². The molecule has 1 fully saturated rings. The Morgan fingerprint density at radius 1 is 1.67 bits per heavy atom. The molecular weight excluding hydrogens is 192 g/mol. The third-order valence-corrected chi connectivity index (χ3v) is 3.15. The van der Waals surface area contributed by atoms with Gasteiger partial charge in [-0.05, 0) is 45.8 Å². The number of carbonyl (C=O) groups excluding carboxylic acids is 1. The van der Waals surface area contributed by atoms with Crippen LogP contribution in [0.4, 0.5) is 0 Å². The zero-order valence-corrected chi connectivity index (χ0v) is 9.95. The maximum absolute atomic E-state index is 11.3. The molecule has 0 aliphatic carbocycles. The summed E-state index contributed by atoms with van der Waals surface area (Å²) in [6, 6.07) is -0.142. The fraction of sp³-hybridized carbons (Fsp3) is 0.909. The number of ether oxygens (including phenoxy) is 1. The molecule has 0 aromatic rings. The smallest absolute Gasteiger partial charge is 0.322 e. The van der Waals surface area contributed by atoms with E-state index < -0.39 is 0 Å². The predicted octanol–water partition coefficient (Wildman–Crippen LogP) is 0.479. The van der Waals surface area contributed by atoms with Crippen molar-refractivity contribution in [2.24, 2.45) is 5.92 Å². The third kappa shape index (κ3) is 3.80. The van der Waals surface area contributed by atoms with E-state index in [-0.39, 0.29) is 12.0 Å². The van der Waals surface area contributed by atoms with E-state index >= 15 is 0 Å². The molecule has 2 unspecified atom stereocenters. The van der Waals surface area contributed by atoms with Crippen molar-refractivity contribution in [1.82, 2.24) is 10.2 Å². The molecule has 0 saturated carbocycles. The molecule has 1 aliphatic rings. The van der Waals surface area contributed by atoms with Gasteiger partial charge in [0.25, 0.3) is 0 Å². The molecule has 4 nitrogen and oxygen atoms in total. The Morgan fingerprint density at radius 3 is 2.93 bits per heavy atom. The second-order valence-electron chi connectivity index (χ2n) is 4.35. The summed E-state index contributed by atoms with van der Waals surface area (Å²) in [5.41, 5.74) is 0. The van der Waals surface area contributed by atoms with Crippen LogP contribution in [0.15, 0.2) is 0 Å². The van der Waals surface area contributed by atoms with E-state index in [0.717, 1.165) is 19.6 Å². The Kier molecular flexibility index (Phi) is 5.05. The Labute approximate surface area is 92.0 Å². The summed E-state index contributed by atoms with van der Waals surface area (Å²) < 4.78 is 4.73. The highest BCUT2D eigenvalue weighted by Crippen LogP contribution is 2.12. The van der Waals surface area contributed by atoms with Gasteiger partial charge in [-0.25, -0.2) is 0 Å². The summed E-state index contributed by atoms with van der Waals surface area (Å²) in [6.07, 6.45) is 2.50. The van der Waals surface area contributed by atoms with Gasteiger partial charge < -0.3 is 10.1 Å². The van der Waals surface area contributed by atoms with Crippen molar-refractivity contribution in [3.63, 3.8) is 0 Å². The van der Waals surface area contributed by atoms with E-state index in [9.17, 15) is 4.79 Å². The van der Waals surface area contributed by atoms with Crippen LogP contribution in [0.25, 0.3) is 0 Å². The number of carbonyl (C=O) groups is 1. The first-order chi connectivity index (χ1) is 7.15. The van der Waals surface area contributed by atoms with Crippen molar-refractivity contribution in [3.8, 4) is 0 Å². The number of hydrogen-bond donors (Lipinski definition) is 1. The van der Waals surface area contributed by atoms with Crippen LogP contribution in [0.3, 0.4) is 0 Å². The number of piperidine rings is 1. The van der Waals surface area contributed by atoms with Gasteiger partial charge >= 0.3 is 5.97 Å². The van der Waals surface area contributed by atoms with Gasteiger partial charge in [-0.2, -0.15) is 0 Å². The van der Waals surface area contributed by atoms with Gasteiger partial charge in [-0.1, -0.05) is 0 Å². The van der Waals surface area contributed by atoms with E-state index in [4.69, 9.17) is 4.74 Å². The quantitative estimate of drug-likeness (QED) is 0.691. The Hall–Kier alpha value is -0.610. The summed E-state index contributed by atoms with van der Waals surface area (Å²) in [7, 11) is 3.42. The highest BCUT2D eigenvalue weighted by molar-refractivity contribution is 5.75. The first kappa shape index (κ1) is 12.5. The first-order valence-corrected chi connectivity index (χ1v) is 5.64. The fourth-order valence-corrected chi connectivity index (χ4v) is 2.00. The number of likely N-dealkylation sites (N-methyl/N-ethyl adjacent to an activating group) is 1. The van der Waals surface area contributed by atoms with Gasteiger partial charge in [0.05, 0.1) is 7.11 Å². The summed E-state index contributed by atoms with van der Waals surface area (Å²) in [5, 5.41) is 3.38. The molecule has 1 saturated heterocycles. The molecule has 4 heteroatoms. The van der Waals surface area contributed by atoms with E-state index in [0.29, 0.717) is 5.92 Å². The first-order valence-electron chi connectivity index (χ1n) is 5.64. The molecular formula is C11H22N2O2. The number of methoxy groups -OCH3 is 1. The largest absolute Gasteiger partial charge is 0.468 e. The van der Waals surface area contributed by atoms with Crippen molar-refractivity contribution in [2.45, 2.75) is 25.8 Å². The topological polar surface area (TPSA) is 41.6 Å². The van der Waals surface area contributed by atoms with Crippen LogP contribution in [-0.2, 0) is 9.53 Å². The van der Waals surface area contributed by atoms with E-state index in [1.54, 1.807) is 0 Å². The lowest BCUT2D eigenvalue weighted by molar-refractivity contribution is -0.146. The van der Waals surface area contributed by atoms with Crippen molar-refractivity contribution < 1.29 is 9.53 Å². The number of hydrogen-bond acceptors (Lipinski definition) is 4. The highest BCUT2D eigenvalue weighted by Gasteiger charge is 2.22. The fourth-order valence-electron chi connectivity index (χ4n) is 2.00. The molecule has 2 atom stereocenters. The molecule has 1 rings (SSSR count). The number of rotatable bonds is 4. The summed E-state index contributed by atoms with van der Waals surface area (Å²) >= 11 is 0. The van der Waals surface area contributed by atoms with E-state index in [1.807, 2.05) is 14.0 Å². The second-order valence-corrected chi connectivity index (χ2v) is 4.35. The van der Waals surface area contributed by atoms with Crippen LogP contribution in [0, 0.1) is 5.92 Å². The third-order valence-electron chi connectivity index (χ3n) is 3.15. The lowest BCUT2D eigenvalue weighted by atomic mass is 9.99. The van der Waals surface area contributed by atoms with Crippen LogP contribution in [0.1, 0.15) is 19.8 Å². The maximum atomic E-state index is 11.3. The number of nitrogens with zero attached hydrogens (tertiary/aromatic N) is 1. The summed E-state index contributed by atoms with van der Waals surface area (Å²) in [6.45, 7) is 5.05. The molecule has 0 radical (unpaired) electrons. The molecule has 0 amide bonds. The molecule has 88 valence electrons. The zero-order valence-electron chi connectivity index (χ0n) is 9.95. The van der Waals surface area contributed by atoms with Crippen molar-refractivity contribution in [1.29, 1.82) is 0 Å². The highest BCUT2D eigenvalue weighted by atomic mass is 16.5. The SMILES string of the molecule is COC(=O)C(C)N(C)CC1CCCNC1. The molecule has 1 aliphatic heterocycles. The van der Waals surface area contributed by atoms with Crippen molar-refractivity contribution in [3.05, 3.63) is 0 Å². The minimum atomic E-state index is -0.152. The predicted molar refractivity (Wildman–Crippen MR) is 59.7 cm³/mol. The van der Waals surface area contributed by atoms with Crippen molar-refractivity contribution in [2.75, 3.05) is 33.8 Å². The number of esters is 1. The molecule has 15 heavy (non-hydrogen) atoms. The Bertz CT molecular complexity index is 203. The average Bonchev–Trinajstić information content (AvgIpc) is 2.28. The molecule has 0 aromatic carbocycles. The van der Waals surface area contributed by atoms with E-state index in [2.05, 4.69) is 10.2 Å². The second kappa shape index (κ2) is 6.08. The van der Waals surface area contributed by atoms with E-state index in [1.165, 1.54) is 20.0 Å².